The van der Waals surface area contributed by atoms with E-state index in [0.717, 1.165) is 6.07 Å². The van der Waals surface area contributed by atoms with Crippen LogP contribution >= 0.6 is 11.6 Å². The van der Waals surface area contributed by atoms with Gasteiger partial charge in [-0.1, -0.05) is 11.6 Å². The second kappa shape index (κ2) is 3.44. The summed E-state index contributed by atoms with van der Waals surface area (Å²) in [6, 6.07) is 2.83. The zero-order valence-electron chi connectivity index (χ0n) is 7.26. The van der Waals surface area contributed by atoms with Crippen LogP contribution in [-0.2, 0) is 0 Å². The van der Waals surface area contributed by atoms with Crippen molar-refractivity contribution in [3.05, 3.63) is 40.7 Å². The average Bonchev–Trinajstić information content (AvgIpc) is 2.25. The summed E-state index contributed by atoms with van der Waals surface area (Å²) >= 11 is 5.39. The molecule has 1 aromatic heterocycles. The maximum absolute atomic E-state index is 13.5. The number of halogens is 3. The third-order valence-electron chi connectivity index (χ3n) is 2.02. The van der Waals surface area contributed by atoms with Gasteiger partial charge in [0.2, 0.25) is 0 Å². The van der Waals surface area contributed by atoms with Crippen LogP contribution in [0.25, 0.3) is 10.8 Å². The molecule has 0 radical (unpaired) electrons. The summed E-state index contributed by atoms with van der Waals surface area (Å²) in [6.45, 7) is 0. The van der Waals surface area contributed by atoms with Crippen LogP contribution in [0, 0.1) is 23.0 Å². The molecule has 2 aromatic rings. The Labute approximate surface area is 88.7 Å². The molecule has 0 N–H and O–H groups in total. The van der Waals surface area contributed by atoms with Gasteiger partial charge in [-0.25, -0.2) is 8.78 Å². The standard InChI is InChI=1S/C10H3ClF2N2/c11-9-8(12)1-6-5(2-14)3-15-4-7(6)10(9)13/h1,3-4H. The molecule has 0 bridgehead atoms. The van der Waals surface area contributed by atoms with Crippen LogP contribution in [0.4, 0.5) is 8.78 Å². The lowest BCUT2D eigenvalue weighted by Crippen LogP contribution is -1.90. The largest absolute Gasteiger partial charge is 0.263 e. The number of hydrogen-bond donors (Lipinski definition) is 0. The van der Waals surface area contributed by atoms with Gasteiger partial charge in [0.15, 0.2) is 5.82 Å². The van der Waals surface area contributed by atoms with E-state index in [1.165, 1.54) is 12.4 Å². The van der Waals surface area contributed by atoms with Gasteiger partial charge in [-0.2, -0.15) is 5.26 Å². The lowest BCUT2D eigenvalue weighted by molar-refractivity contribution is 0.592. The van der Waals surface area contributed by atoms with Gasteiger partial charge in [0.05, 0.1) is 5.56 Å². The Morgan fingerprint density at radius 1 is 1.27 bits per heavy atom. The molecule has 0 saturated heterocycles. The van der Waals surface area contributed by atoms with Crippen LogP contribution in [0.3, 0.4) is 0 Å². The molecule has 0 amide bonds. The van der Waals surface area contributed by atoms with E-state index in [0.29, 0.717) is 0 Å². The van der Waals surface area contributed by atoms with Crippen LogP contribution in [0.1, 0.15) is 5.56 Å². The Balaban J connectivity index is 2.99. The summed E-state index contributed by atoms with van der Waals surface area (Å²) in [6.07, 6.45) is 2.45. The fraction of sp³-hybridized carbons (Fsp3) is 0. The number of rotatable bonds is 0. The molecule has 74 valence electrons. The zero-order valence-corrected chi connectivity index (χ0v) is 8.02. The summed E-state index contributed by atoms with van der Waals surface area (Å²) in [4.78, 5) is 3.67. The number of benzene rings is 1. The first-order valence-corrected chi connectivity index (χ1v) is 4.34. The highest BCUT2D eigenvalue weighted by atomic mass is 35.5. The predicted octanol–water partition coefficient (Wildman–Crippen LogP) is 3.04. The Morgan fingerprint density at radius 3 is 2.67 bits per heavy atom. The molecule has 0 atom stereocenters. The molecule has 2 rings (SSSR count). The first-order chi connectivity index (χ1) is 7.15. The van der Waals surface area contributed by atoms with Gasteiger partial charge in [0.1, 0.15) is 16.9 Å². The van der Waals surface area contributed by atoms with Gasteiger partial charge >= 0.3 is 0 Å². The van der Waals surface area contributed by atoms with E-state index < -0.39 is 16.7 Å². The van der Waals surface area contributed by atoms with Crippen molar-refractivity contribution in [2.75, 3.05) is 0 Å². The average molecular weight is 225 g/mol. The predicted molar refractivity (Wildman–Crippen MR) is 51.4 cm³/mol. The van der Waals surface area contributed by atoms with Crippen molar-refractivity contribution in [2.24, 2.45) is 0 Å². The van der Waals surface area contributed by atoms with Crippen LogP contribution in [0.5, 0.6) is 0 Å². The van der Waals surface area contributed by atoms with Gasteiger partial charge in [0, 0.05) is 23.2 Å². The minimum atomic E-state index is -0.892. The molecule has 5 heteroatoms. The maximum Gasteiger partial charge on any atom is 0.154 e. The van der Waals surface area contributed by atoms with Crippen LogP contribution in [0.2, 0.25) is 5.02 Å². The molecule has 1 aromatic carbocycles. The normalized spacial score (nSPS) is 10.3. The topological polar surface area (TPSA) is 36.7 Å². The monoisotopic (exact) mass is 224 g/mol. The summed E-state index contributed by atoms with van der Waals surface area (Å²) in [5.74, 6) is -1.78. The van der Waals surface area contributed by atoms with E-state index in [1.54, 1.807) is 6.07 Å². The molecule has 2 nitrogen and oxygen atoms in total. The maximum atomic E-state index is 13.5. The molecule has 0 unspecified atom stereocenters. The van der Waals surface area contributed by atoms with E-state index in [2.05, 4.69) is 4.98 Å². The molecule has 15 heavy (non-hydrogen) atoms. The first-order valence-electron chi connectivity index (χ1n) is 3.96. The van der Waals surface area contributed by atoms with Crippen LogP contribution in [0.15, 0.2) is 18.5 Å². The fourth-order valence-electron chi connectivity index (χ4n) is 1.30. The zero-order chi connectivity index (χ0) is 11.0. The highest BCUT2D eigenvalue weighted by Crippen LogP contribution is 2.28. The number of fused-ring (bicyclic) bond motifs is 1. The molecule has 0 fully saturated rings. The smallest absolute Gasteiger partial charge is 0.154 e. The van der Waals surface area contributed by atoms with Gasteiger partial charge in [-0.3, -0.25) is 4.98 Å². The lowest BCUT2D eigenvalue weighted by atomic mass is 10.1. The Morgan fingerprint density at radius 2 is 2.00 bits per heavy atom. The van der Waals surface area contributed by atoms with Crippen molar-refractivity contribution in [3.8, 4) is 6.07 Å². The molecular formula is C10H3ClF2N2. The summed E-state index contributed by atoms with van der Waals surface area (Å²) in [7, 11) is 0. The van der Waals surface area contributed by atoms with Crippen molar-refractivity contribution in [3.63, 3.8) is 0 Å². The van der Waals surface area contributed by atoms with Crippen LogP contribution in [-0.4, -0.2) is 4.98 Å². The Hall–Kier alpha value is -1.73. The molecule has 0 saturated carbocycles. The fourth-order valence-corrected chi connectivity index (χ4v) is 1.46. The highest BCUT2D eigenvalue weighted by Gasteiger charge is 2.13. The van der Waals surface area contributed by atoms with Gasteiger partial charge < -0.3 is 0 Å². The number of nitriles is 1. The Bertz CT molecular complexity index is 590. The van der Waals surface area contributed by atoms with Crippen molar-refractivity contribution >= 4 is 22.4 Å². The van der Waals surface area contributed by atoms with Gasteiger partial charge in [0.25, 0.3) is 0 Å². The first kappa shape index (κ1) is 9.81. The van der Waals surface area contributed by atoms with E-state index >= 15 is 0 Å². The number of pyridine rings is 1. The molecule has 0 aliphatic heterocycles. The number of nitrogens with zero attached hydrogens (tertiary/aromatic N) is 2. The quantitative estimate of drug-likeness (QED) is 0.645. The summed E-state index contributed by atoms with van der Waals surface area (Å²) < 4.78 is 26.6. The number of hydrogen-bond acceptors (Lipinski definition) is 2. The van der Waals surface area contributed by atoms with Crippen molar-refractivity contribution in [1.82, 2.24) is 4.98 Å². The molecule has 0 aliphatic carbocycles. The molecule has 0 aliphatic rings. The van der Waals surface area contributed by atoms with Crippen molar-refractivity contribution in [1.29, 1.82) is 5.26 Å². The summed E-state index contributed by atoms with van der Waals surface area (Å²) in [5.41, 5.74) is 0.113. The molecule has 1 heterocycles. The van der Waals surface area contributed by atoms with E-state index in [-0.39, 0.29) is 16.3 Å². The molecular weight excluding hydrogens is 222 g/mol. The minimum absolute atomic E-state index is 0.0421. The Kier molecular flexibility index (Phi) is 2.25. The highest BCUT2D eigenvalue weighted by molar-refractivity contribution is 6.31. The van der Waals surface area contributed by atoms with E-state index in [9.17, 15) is 8.78 Å². The van der Waals surface area contributed by atoms with Crippen molar-refractivity contribution < 1.29 is 8.78 Å². The second-order valence-electron chi connectivity index (χ2n) is 2.88. The van der Waals surface area contributed by atoms with Crippen molar-refractivity contribution in [2.45, 2.75) is 0 Å². The van der Waals surface area contributed by atoms with E-state index in [4.69, 9.17) is 16.9 Å². The van der Waals surface area contributed by atoms with Gasteiger partial charge in [-0.05, 0) is 6.07 Å². The third kappa shape index (κ3) is 1.41. The SMILES string of the molecule is N#Cc1cncc2c(F)c(Cl)c(F)cc12. The second-order valence-corrected chi connectivity index (χ2v) is 3.26. The van der Waals surface area contributed by atoms with Crippen LogP contribution < -0.4 is 0 Å². The number of aromatic nitrogens is 1. The minimum Gasteiger partial charge on any atom is -0.263 e. The third-order valence-corrected chi connectivity index (χ3v) is 2.36. The summed E-state index contributed by atoms with van der Waals surface area (Å²) in [5, 5.41) is 8.35. The molecule has 0 spiro atoms. The van der Waals surface area contributed by atoms with E-state index in [1.807, 2.05) is 0 Å². The van der Waals surface area contributed by atoms with Gasteiger partial charge in [-0.15, -0.1) is 0 Å². The lowest BCUT2D eigenvalue weighted by Gasteiger charge is -2.03.